The Morgan fingerprint density at radius 3 is 2.57 bits per heavy atom. The number of nitrogens with zero attached hydrogens (tertiary/aromatic N) is 3. The lowest BCUT2D eigenvalue weighted by Crippen LogP contribution is -2.06. The van der Waals surface area contributed by atoms with Gasteiger partial charge in [-0.15, -0.1) is 11.3 Å². The topological polar surface area (TPSA) is 65.7 Å². The molecule has 0 radical (unpaired) electrons. The molecule has 0 saturated carbocycles. The van der Waals surface area contributed by atoms with E-state index in [1.165, 1.54) is 0 Å². The molecule has 0 unspecified atom stereocenters. The highest BCUT2D eigenvalue weighted by Gasteiger charge is 2.27. The van der Waals surface area contributed by atoms with Crippen LogP contribution in [0.1, 0.15) is 16.0 Å². The number of anilines is 1. The standard InChI is InChI=1S/C17H13N3O2S/c1-20(2)15-8-7-13(23-15)9-14-16(19-22-17(14)21)12-5-3-11(10-18)4-6-12/h3-9H,1-2H3/b14-9+. The quantitative estimate of drug-likeness (QED) is 0.643. The van der Waals surface area contributed by atoms with E-state index in [1.54, 1.807) is 41.7 Å². The van der Waals surface area contributed by atoms with E-state index in [4.69, 9.17) is 10.1 Å². The smallest absolute Gasteiger partial charge is 0.368 e. The summed E-state index contributed by atoms with van der Waals surface area (Å²) >= 11 is 1.58. The molecule has 1 aromatic carbocycles. The molecule has 1 aliphatic rings. The average Bonchev–Trinajstić information content (AvgIpc) is 3.16. The molecule has 0 saturated heterocycles. The number of oxime groups is 1. The fourth-order valence-electron chi connectivity index (χ4n) is 2.12. The summed E-state index contributed by atoms with van der Waals surface area (Å²) in [5.41, 5.74) is 2.20. The van der Waals surface area contributed by atoms with Crippen LogP contribution in [0.5, 0.6) is 0 Å². The lowest BCUT2D eigenvalue weighted by molar-refractivity contribution is -0.136. The van der Waals surface area contributed by atoms with Gasteiger partial charge in [-0.05, 0) is 30.3 Å². The number of carbonyl (C=O) groups excluding carboxylic acids is 1. The fraction of sp³-hybridized carbons (Fsp3) is 0.118. The Bertz CT molecular complexity index is 855. The lowest BCUT2D eigenvalue weighted by Gasteiger charge is -2.06. The fourth-order valence-corrected chi connectivity index (χ4v) is 3.00. The van der Waals surface area contributed by atoms with Crippen molar-refractivity contribution in [2.24, 2.45) is 5.16 Å². The first-order chi connectivity index (χ1) is 11.1. The normalized spacial score (nSPS) is 15.3. The molecule has 1 aromatic heterocycles. The molecule has 0 atom stereocenters. The summed E-state index contributed by atoms with van der Waals surface area (Å²) < 4.78 is 0. The highest BCUT2D eigenvalue weighted by atomic mass is 32.1. The van der Waals surface area contributed by atoms with Crippen molar-refractivity contribution in [1.29, 1.82) is 5.26 Å². The van der Waals surface area contributed by atoms with Crippen molar-refractivity contribution < 1.29 is 9.63 Å². The summed E-state index contributed by atoms with van der Waals surface area (Å²) in [6.07, 6.45) is 1.78. The SMILES string of the molecule is CN(C)c1ccc(/C=C2/C(=O)ON=C2c2ccc(C#N)cc2)s1. The third-order valence-corrected chi connectivity index (χ3v) is 4.52. The van der Waals surface area contributed by atoms with Crippen molar-refractivity contribution in [2.45, 2.75) is 0 Å². The minimum atomic E-state index is -0.468. The van der Waals surface area contributed by atoms with Crippen LogP contribution in [0.3, 0.4) is 0 Å². The molecule has 0 fully saturated rings. The molecule has 0 spiro atoms. The predicted octanol–water partition coefficient (Wildman–Crippen LogP) is 3.03. The molecule has 0 aliphatic carbocycles. The molecule has 0 N–H and O–H groups in total. The zero-order valence-corrected chi connectivity index (χ0v) is 13.4. The molecule has 0 bridgehead atoms. The molecule has 2 heterocycles. The van der Waals surface area contributed by atoms with Crippen LogP contribution in [-0.4, -0.2) is 25.8 Å². The van der Waals surface area contributed by atoms with Crippen molar-refractivity contribution in [1.82, 2.24) is 0 Å². The summed E-state index contributed by atoms with van der Waals surface area (Å²) in [5.74, 6) is -0.468. The van der Waals surface area contributed by atoms with Crippen molar-refractivity contribution in [2.75, 3.05) is 19.0 Å². The summed E-state index contributed by atoms with van der Waals surface area (Å²) in [7, 11) is 3.94. The van der Waals surface area contributed by atoms with Gasteiger partial charge >= 0.3 is 5.97 Å². The molecule has 6 heteroatoms. The third kappa shape index (κ3) is 3.00. The monoisotopic (exact) mass is 323 g/mol. The van der Waals surface area contributed by atoms with Crippen LogP contribution < -0.4 is 4.90 Å². The van der Waals surface area contributed by atoms with Crippen LogP contribution in [-0.2, 0) is 9.63 Å². The Kier molecular flexibility index (Phi) is 3.96. The molecule has 3 rings (SSSR count). The van der Waals surface area contributed by atoms with E-state index in [1.807, 2.05) is 31.1 Å². The van der Waals surface area contributed by atoms with Gasteiger partial charge in [-0.25, -0.2) is 4.79 Å². The molecule has 23 heavy (non-hydrogen) atoms. The molecular weight excluding hydrogens is 310 g/mol. The van der Waals surface area contributed by atoms with Gasteiger partial charge in [-0.3, -0.25) is 0 Å². The highest BCUT2D eigenvalue weighted by molar-refractivity contribution is 7.17. The average molecular weight is 323 g/mol. The Hall–Kier alpha value is -2.91. The largest absolute Gasteiger partial charge is 0.370 e. The number of thiophene rings is 1. The van der Waals surface area contributed by atoms with Crippen molar-refractivity contribution >= 4 is 34.1 Å². The van der Waals surface area contributed by atoms with Gasteiger partial charge in [0.1, 0.15) is 5.71 Å². The maximum absolute atomic E-state index is 12.0. The number of rotatable bonds is 3. The third-order valence-electron chi connectivity index (χ3n) is 3.32. The van der Waals surface area contributed by atoms with Gasteiger partial charge in [0.25, 0.3) is 0 Å². The number of hydrogen-bond acceptors (Lipinski definition) is 6. The minimum Gasteiger partial charge on any atom is -0.370 e. The number of nitriles is 1. The maximum Gasteiger partial charge on any atom is 0.368 e. The van der Waals surface area contributed by atoms with Crippen LogP contribution >= 0.6 is 11.3 Å². The van der Waals surface area contributed by atoms with Crippen LogP contribution in [0, 0.1) is 11.3 Å². The van der Waals surface area contributed by atoms with Crippen LogP contribution in [0.4, 0.5) is 5.00 Å². The van der Waals surface area contributed by atoms with Crippen LogP contribution in [0.25, 0.3) is 6.08 Å². The summed E-state index contributed by atoms with van der Waals surface area (Å²) in [6.45, 7) is 0. The maximum atomic E-state index is 12.0. The molecule has 5 nitrogen and oxygen atoms in total. The van der Waals surface area contributed by atoms with E-state index in [2.05, 4.69) is 11.2 Å². The van der Waals surface area contributed by atoms with Crippen LogP contribution in [0.2, 0.25) is 0 Å². The molecule has 1 aliphatic heterocycles. The van der Waals surface area contributed by atoms with E-state index in [-0.39, 0.29) is 0 Å². The first-order valence-electron chi connectivity index (χ1n) is 6.87. The zero-order valence-electron chi connectivity index (χ0n) is 12.6. The second-order valence-corrected chi connectivity index (χ2v) is 6.23. The molecule has 2 aromatic rings. The van der Waals surface area contributed by atoms with Crippen LogP contribution in [0.15, 0.2) is 47.1 Å². The van der Waals surface area contributed by atoms with Gasteiger partial charge in [-0.1, -0.05) is 17.3 Å². The Morgan fingerprint density at radius 1 is 1.22 bits per heavy atom. The highest BCUT2D eigenvalue weighted by Crippen LogP contribution is 2.28. The van der Waals surface area contributed by atoms with Gasteiger partial charge in [0.2, 0.25) is 0 Å². The van der Waals surface area contributed by atoms with Crippen molar-refractivity contribution in [3.8, 4) is 6.07 Å². The second-order valence-electron chi connectivity index (χ2n) is 5.14. The summed E-state index contributed by atoms with van der Waals surface area (Å²) in [6, 6.07) is 12.9. The van der Waals surface area contributed by atoms with Gasteiger partial charge in [0, 0.05) is 24.5 Å². The number of carbonyl (C=O) groups is 1. The predicted molar refractivity (Wildman–Crippen MR) is 90.4 cm³/mol. The van der Waals surface area contributed by atoms with Gasteiger partial charge < -0.3 is 9.74 Å². The first kappa shape index (κ1) is 15.0. The van der Waals surface area contributed by atoms with Crippen molar-refractivity contribution in [3.63, 3.8) is 0 Å². The van der Waals surface area contributed by atoms with Crippen molar-refractivity contribution in [3.05, 3.63) is 58.0 Å². The summed E-state index contributed by atoms with van der Waals surface area (Å²) in [4.78, 5) is 19.7. The Morgan fingerprint density at radius 2 is 1.96 bits per heavy atom. The van der Waals surface area contributed by atoms with Gasteiger partial charge in [-0.2, -0.15) is 5.26 Å². The lowest BCUT2D eigenvalue weighted by atomic mass is 10.0. The minimum absolute atomic E-state index is 0.418. The van der Waals surface area contributed by atoms with Gasteiger partial charge in [0.05, 0.1) is 22.2 Å². The molecule has 114 valence electrons. The number of benzene rings is 1. The van der Waals surface area contributed by atoms with E-state index in [0.29, 0.717) is 16.8 Å². The molecule has 0 amide bonds. The second kappa shape index (κ2) is 6.07. The Labute approximate surface area is 137 Å². The van der Waals surface area contributed by atoms with E-state index >= 15 is 0 Å². The number of hydrogen-bond donors (Lipinski definition) is 0. The van der Waals surface area contributed by atoms with Gasteiger partial charge in [0.15, 0.2) is 0 Å². The van der Waals surface area contributed by atoms with E-state index < -0.39 is 5.97 Å². The Balaban J connectivity index is 1.95. The van der Waals surface area contributed by atoms with E-state index in [9.17, 15) is 4.79 Å². The first-order valence-corrected chi connectivity index (χ1v) is 7.69. The summed E-state index contributed by atoms with van der Waals surface area (Å²) in [5, 5.41) is 13.8. The van der Waals surface area contributed by atoms with E-state index in [0.717, 1.165) is 15.4 Å². The zero-order chi connectivity index (χ0) is 16.4. The molecular formula is C17H13N3O2S.